The SMILES string of the molecule is CC(=O)NS(=O)(=O)c1ccc(NC(=S)NC(=O)COc2c(C)cc(Br)cc2Br)cc1. The van der Waals surface area contributed by atoms with Crippen molar-refractivity contribution in [3.63, 3.8) is 0 Å². The number of benzene rings is 2. The summed E-state index contributed by atoms with van der Waals surface area (Å²) in [7, 11) is -3.92. The van der Waals surface area contributed by atoms with Gasteiger partial charge in [0.1, 0.15) is 5.75 Å². The van der Waals surface area contributed by atoms with Crippen LogP contribution in [0.15, 0.2) is 50.2 Å². The Morgan fingerprint density at radius 3 is 2.33 bits per heavy atom. The maximum atomic E-state index is 12.1. The number of carbonyl (C=O) groups excluding carboxylic acids is 2. The van der Waals surface area contributed by atoms with Crippen LogP contribution in [0.4, 0.5) is 5.69 Å². The molecule has 3 N–H and O–H groups in total. The largest absolute Gasteiger partial charge is 0.482 e. The van der Waals surface area contributed by atoms with Crippen molar-refractivity contribution in [3.05, 3.63) is 50.9 Å². The molecule has 0 fully saturated rings. The number of hydrogen-bond acceptors (Lipinski definition) is 6. The molecule has 0 spiro atoms. The summed E-state index contributed by atoms with van der Waals surface area (Å²) in [5, 5.41) is 5.26. The summed E-state index contributed by atoms with van der Waals surface area (Å²) in [4.78, 5) is 23.0. The van der Waals surface area contributed by atoms with E-state index in [0.717, 1.165) is 17.0 Å². The van der Waals surface area contributed by atoms with E-state index in [9.17, 15) is 18.0 Å². The molecule has 2 rings (SSSR count). The van der Waals surface area contributed by atoms with Gasteiger partial charge in [-0.1, -0.05) is 15.9 Å². The van der Waals surface area contributed by atoms with E-state index in [4.69, 9.17) is 17.0 Å². The number of anilines is 1. The molecule has 0 saturated heterocycles. The molecule has 0 unspecified atom stereocenters. The summed E-state index contributed by atoms with van der Waals surface area (Å²) in [6.07, 6.45) is 0. The van der Waals surface area contributed by atoms with Crippen LogP contribution in [-0.2, 0) is 19.6 Å². The average molecular weight is 579 g/mol. The number of rotatable bonds is 6. The van der Waals surface area contributed by atoms with Gasteiger partial charge in [-0.05, 0) is 77.0 Å². The third-order valence-electron chi connectivity index (χ3n) is 3.50. The summed E-state index contributed by atoms with van der Waals surface area (Å²) >= 11 is 11.8. The molecule has 12 heteroatoms. The van der Waals surface area contributed by atoms with Crippen molar-refractivity contribution < 1.29 is 22.7 Å². The first-order valence-electron chi connectivity index (χ1n) is 8.30. The molecule has 0 aliphatic heterocycles. The van der Waals surface area contributed by atoms with Crippen LogP contribution in [0.2, 0.25) is 0 Å². The summed E-state index contributed by atoms with van der Waals surface area (Å²) in [5.41, 5.74) is 1.30. The first-order chi connectivity index (χ1) is 14.0. The van der Waals surface area contributed by atoms with Crippen molar-refractivity contribution in [2.24, 2.45) is 0 Å². The van der Waals surface area contributed by atoms with Crippen LogP contribution < -0.4 is 20.1 Å². The molecule has 0 radical (unpaired) electrons. The smallest absolute Gasteiger partial charge is 0.264 e. The second-order valence-electron chi connectivity index (χ2n) is 6.01. The van der Waals surface area contributed by atoms with E-state index >= 15 is 0 Å². The number of ether oxygens (including phenoxy) is 1. The fourth-order valence-corrected chi connectivity index (χ4v) is 5.08. The highest BCUT2D eigenvalue weighted by atomic mass is 79.9. The third-order valence-corrected chi connectivity index (χ3v) is 6.20. The molecule has 0 bridgehead atoms. The van der Waals surface area contributed by atoms with Crippen LogP contribution in [0.1, 0.15) is 12.5 Å². The summed E-state index contributed by atoms with van der Waals surface area (Å²) < 4.78 is 32.9. The zero-order chi connectivity index (χ0) is 22.5. The Labute approximate surface area is 196 Å². The number of hydrogen-bond donors (Lipinski definition) is 3. The van der Waals surface area contributed by atoms with Gasteiger partial charge in [-0.2, -0.15) is 0 Å². The fourth-order valence-electron chi connectivity index (χ4n) is 2.30. The Hall–Kier alpha value is -2.02. The molecule has 2 amide bonds. The average Bonchev–Trinajstić information content (AvgIpc) is 2.60. The van der Waals surface area contributed by atoms with E-state index in [-0.39, 0.29) is 16.6 Å². The molecule has 0 saturated carbocycles. The van der Waals surface area contributed by atoms with Crippen molar-refractivity contribution in [3.8, 4) is 5.75 Å². The van der Waals surface area contributed by atoms with E-state index in [0.29, 0.717) is 15.9 Å². The molecule has 0 aliphatic carbocycles. The second-order valence-corrected chi connectivity index (χ2v) is 9.87. The maximum absolute atomic E-state index is 12.1. The molecular formula is C18H17Br2N3O5S2. The van der Waals surface area contributed by atoms with Gasteiger partial charge in [-0.25, -0.2) is 13.1 Å². The third kappa shape index (κ3) is 7.04. The van der Waals surface area contributed by atoms with E-state index in [1.807, 2.05) is 23.8 Å². The number of halogens is 2. The molecule has 0 heterocycles. The molecule has 0 aromatic heterocycles. The number of thiocarbonyl (C=S) groups is 1. The van der Waals surface area contributed by atoms with Crippen LogP contribution in [-0.4, -0.2) is 32.0 Å². The Morgan fingerprint density at radius 2 is 1.77 bits per heavy atom. The maximum Gasteiger partial charge on any atom is 0.264 e. The highest BCUT2D eigenvalue weighted by Gasteiger charge is 2.15. The minimum atomic E-state index is -3.92. The minimum absolute atomic E-state index is 0.0210. The van der Waals surface area contributed by atoms with Crippen LogP contribution in [0, 0.1) is 6.92 Å². The van der Waals surface area contributed by atoms with Gasteiger partial charge in [0.05, 0.1) is 9.37 Å². The van der Waals surface area contributed by atoms with Crippen molar-refractivity contribution in [1.29, 1.82) is 0 Å². The number of carbonyl (C=O) groups is 2. The zero-order valence-corrected chi connectivity index (χ0v) is 20.6. The highest BCUT2D eigenvalue weighted by Crippen LogP contribution is 2.32. The summed E-state index contributed by atoms with van der Waals surface area (Å²) in [6, 6.07) is 9.17. The van der Waals surface area contributed by atoms with Gasteiger partial charge in [-0.15, -0.1) is 0 Å². The second kappa shape index (κ2) is 10.3. The van der Waals surface area contributed by atoms with E-state index in [2.05, 4.69) is 42.5 Å². The first kappa shape index (κ1) is 24.3. The van der Waals surface area contributed by atoms with Gasteiger partial charge in [0.15, 0.2) is 11.7 Å². The van der Waals surface area contributed by atoms with Crippen molar-refractivity contribution >= 4 is 76.7 Å². The lowest BCUT2D eigenvalue weighted by atomic mass is 10.2. The van der Waals surface area contributed by atoms with Crippen LogP contribution in [0.3, 0.4) is 0 Å². The molecule has 0 atom stereocenters. The van der Waals surface area contributed by atoms with E-state index in [1.54, 1.807) is 0 Å². The number of sulfonamides is 1. The molecule has 2 aromatic carbocycles. The van der Waals surface area contributed by atoms with Gasteiger partial charge in [0.25, 0.3) is 15.9 Å². The standard InChI is InChI=1S/C18H17Br2N3O5S2/c1-10-7-12(19)8-15(20)17(10)28-9-16(25)22-18(29)21-13-3-5-14(6-4-13)30(26,27)23-11(2)24/h3-8H,9H2,1-2H3,(H,23,24)(H2,21,22,25,29). The van der Waals surface area contributed by atoms with Gasteiger partial charge < -0.3 is 10.1 Å². The monoisotopic (exact) mass is 577 g/mol. The van der Waals surface area contributed by atoms with E-state index < -0.39 is 21.8 Å². The predicted octanol–water partition coefficient (Wildman–Crippen LogP) is 3.24. The van der Waals surface area contributed by atoms with Crippen molar-refractivity contribution in [2.75, 3.05) is 11.9 Å². The molecule has 30 heavy (non-hydrogen) atoms. The molecular weight excluding hydrogens is 562 g/mol. The van der Waals surface area contributed by atoms with Crippen molar-refractivity contribution in [1.82, 2.24) is 10.0 Å². The number of nitrogens with one attached hydrogen (secondary N) is 3. The molecule has 160 valence electrons. The number of aryl methyl sites for hydroxylation is 1. The minimum Gasteiger partial charge on any atom is -0.482 e. The van der Waals surface area contributed by atoms with Crippen LogP contribution in [0.5, 0.6) is 5.75 Å². The summed E-state index contributed by atoms with van der Waals surface area (Å²) in [5.74, 6) is -0.608. The van der Waals surface area contributed by atoms with Gasteiger partial charge in [-0.3, -0.25) is 14.9 Å². The number of amides is 2. The summed E-state index contributed by atoms with van der Waals surface area (Å²) in [6.45, 7) is 2.70. The topological polar surface area (TPSA) is 114 Å². The Bertz CT molecular complexity index is 1070. The lowest BCUT2D eigenvalue weighted by Gasteiger charge is -2.13. The van der Waals surface area contributed by atoms with Gasteiger partial charge in [0, 0.05) is 17.1 Å². The Kier molecular flexibility index (Phi) is 8.35. The predicted molar refractivity (Wildman–Crippen MR) is 124 cm³/mol. The van der Waals surface area contributed by atoms with Crippen LogP contribution in [0.25, 0.3) is 0 Å². The lowest BCUT2D eigenvalue weighted by Crippen LogP contribution is -2.37. The van der Waals surface area contributed by atoms with E-state index in [1.165, 1.54) is 24.3 Å². The first-order valence-corrected chi connectivity index (χ1v) is 11.8. The Balaban J connectivity index is 1.91. The highest BCUT2D eigenvalue weighted by molar-refractivity contribution is 9.11. The van der Waals surface area contributed by atoms with Crippen LogP contribution >= 0.6 is 44.1 Å². The van der Waals surface area contributed by atoms with Crippen molar-refractivity contribution in [2.45, 2.75) is 18.7 Å². The van der Waals surface area contributed by atoms with Gasteiger partial charge in [0.2, 0.25) is 5.91 Å². The lowest BCUT2D eigenvalue weighted by molar-refractivity contribution is -0.121. The van der Waals surface area contributed by atoms with Gasteiger partial charge >= 0.3 is 0 Å². The fraction of sp³-hybridized carbons (Fsp3) is 0.167. The normalized spacial score (nSPS) is 10.8. The molecule has 8 nitrogen and oxygen atoms in total. The molecule has 2 aromatic rings. The zero-order valence-electron chi connectivity index (χ0n) is 15.8. The Morgan fingerprint density at radius 1 is 1.13 bits per heavy atom. The molecule has 0 aliphatic rings. The quantitative estimate of drug-likeness (QED) is 0.451.